The average Bonchev–Trinajstić information content (AvgIpc) is 2.99. The second kappa shape index (κ2) is 10.5. The maximum atomic E-state index is 13.4. The van der Waals surface area contributed by atoms with Crippen LogP contribution in [0.25, 0.3) is 0 Å². The van der Waals surface area contributed by atoms with Crippen LogP contribution in [0.4, 0.5) is 4.39 Å². The van der Waals surface area contributed by atoms with Crippen LogP contribution in [0.2, 0.25) is 0 Å². The van der Waals surface area contributed by atoms with Gasteiger partial charge in [-0.1, -0.05) is 6.07 Å². The van der Waals surface area contributed by atoms with Gasteiger partial charge in [-0.3, -0.25) is 0 Å². The SMILES string of the molecule is CCOC1=CC2(CCCC1SCc1ccc(F)cc1OBr)OC(CO)[C@@H](CO)O2. The van der Waals surface area contributed by atoms with E-state index >= 15 is 0 Å². The van der Waals surface area contributed by atoms with E-state index in [-0.39, 0.29) is 24.3 Å². The highest BCUT2D eigenvalue weighted by Gasteiger charge is 2.47. The third kappa shape index (κ3) is 5.45. The maximum Gasteiger partial charge on any atom is 0.192 e. The molecule has 29 heavy (non-hydrogen) atoms. The van der Waals surface area contributed by atoms with Gasteiger partial charge >= 0.3 is 0 Å². The van der Waals surface area contributed by atoms with Crippen LogP contribution < -0.4 is 3.83 Å². The fraction of sp³-hybridized carbons (Fsp3) is 0.600. The number of hydrogen-bond donors (Lipinski definition) is 2. The maximum absolute atomic E-state index is 13.4. The van der Waals surface area contributed by atoms with Gasteiger partial charge in [-0.15, -0.1) is 11.8 Å². The molecule has 2 aliphatic rings. The number of halogens is 2. The summed E-state index contributed by atoms with van der Waals surface area (Å²) >= 11 is 4.61. The van der Waals surface area contributed by atoms with Gasteiger partial charge in [0.05, 0.1) is 25.1 Å². The van der Waals surface area contributed by atoms with E-state index in [0.717, 1.165) is 24.2 Å². The van der Waals surface area contributed by atoms with E-state index in [1.54, 1.807) is 17.8 Å². The van der Waals surface area contributed by atoms with Crippen LogP contribution in [0.5, 0.6) is 5.75 Å². The number of ether oxygens (including phenoxy) is 3. The molecule has 1 fully saturated rings. The predicted molar refractivity (Wildman–Crippen MR) is 111 cm³/mol. The zero-order valence-electron chi connectivity index (χ0n) is 16.2. The molecule has 0 amide bonds. The molecule has 3 rings (SSSR count). The van der Waals surface area contributed by atoms with E-state index in [2.05, 4.69) is 16.3 Å². The van der Waals surface area contributed by atoms with Crippen LogP contribution in [0.3, 0.4) is 0 Å². The fourth-order valence-corrected chi connectivity index (χ4v) is 5.18. The van der Waals surface area contributed by atoms with E-state index in [0.29, 0.717) is 24.5 Å². The molecule has 4 atom stereocenters. The highest BCUT2D eigenvalue weighted by molar-refractivity contribution is 9.06. The summed E-state index contributed by atoms with van der Waals surface area (Å²) in [5, 5.41) is 19.1. The zero-order valence-corrected chi connectivity index (χ0v) is 18.6. The highest BCUT2D eigenvalue weighted by atomic mass is 79.9. The minimum Gasteiger partial charge on any atom is -0.497 e. The molecular weight excluding hydrogens is 467 g/mol. The van der Waals surface area contributed by atoms with E-state index in [1.807, 2.05) is 13.0 Å². The first-order valence-electron chi connectivity index (χ1n) is 9.65. The lowest BCUT2D eigenvalue weighted by atomic mass is 10.1. The van der Waals surface area contributed by atoms with Crippen molar-refractivity contribution in [1.82, 2.24) is 0 Å². The molecule has 1 aromatic rings. The van der Waals surface area contributed by atoms with Crippen LogP contribution in [0.15, 0.2) is 30.0 Å². The third-order valence-corrected chi connectivity index (χ3v) is 6.71. The molecule has 1 heterocycles. The van der Waals surface area contributed by atoms with Crippen LogP contribution in [0, 0.1) is 5.82 Å². The van der Waals surface area contributed by atoms with Crippen molar-refractivity contribution < 1.29 is 32.6 Å². The summed E-state index contributed by atoms with van der Waals surface area (Å²) in [6.45, 7) is 1.98. The van der Waals surface area contributed by atoms with Crippen LogP contribution in [0.1, 0.15) is 31.7 Å². The normalized spacial score (nSPS) is 29.6. The van der Waals surface area contributed by atoms with Crippen molar-refractivity contribution in [3.63, 3.8) is 0 Å². The molecule has 1 aliphatic carbocycles. The van der Waals surface area contributed by atoms with Crippen LogP contribution >= 0.6 is 28.0 Å². The number of aliphatic hydroxyl groups excluding tert-OH is 2. The Morgan fingerprint density at radius 1 is 1.28 bits per heavy atom. The van der Waals surface area contributed by atoms with Gasteiger partial charge in [-0.25, -0.2) is 4.39 Å². The lowest BCUT2D eigenvalue weighted by Crippen LogP contribution is -2.29. The smallest absolute Gasteiger partial charge is 0.192 e. The third-order valence-electron chi connectivity index (χ3n) is 5.01. The molecule has 2 N–H and O–H groups in total. The van der Waals surface area contributed by atoms with Gasteiger partial charge in [0.15, 0.2) is 22.0 Å². The molecule has 0 bridgehead atoms. The second-order valence-electron chi connectivity index (χ2n) is 6.99. The monoisotopic (exact) mass is 492 g/mol. The van der Waals surface area contributed by atoms with Crippen molar-refractivity contribution in [2.24, 2.45) is 0 Å². The minimum absolute atomic E-state index is 0.0653. The van der Waals surface area contributed by atoms with E-state index in [4.69, 9.17) is 18.0 Å². The van der Waals surface area contributed by atoms with Crippen molar-refractivity contribution in [3.8, 4) is 5.75 Å². The number of rotatable bonds is 8. The second-order valence-corrected chi connectivity index (χ2v) is 8.51. The van der Waals surface area contributed by atoms with Gasteiger partial charge in [-0.2, -0.15) is 0 Å². The minimum atomic E-state index is -0.999. The zero-order chi connectivity index (χ0) is 20.9. The molecule has 0 radical (unpaired) electrons. The standard InChI is InChI=1S/C20H26BrFO6S/c1-2-25-16-9-20(26-17(10-23)18(11-24)27-20)7-3-4-19(16)29-12-13-5-6-14(22)8-15(13)28-21/h5-6,8-9,17-19,23-24H,2-4,7,10-12H2,1H3/t17-,18?,19?,20?/m1/s1. The molecule has 1 spiro atoms. The molecule has 0 aromatic heterocycles. The molecule has 0 saturated carbocycles. The summed E-state index contributed by atoms with van der Waals surface area (Å²) in [7, 11) is 0. The lowest BCUT2D eigenvalue weighted by molar-refractivity contribution is -0.148. The highest BCUT2D eigenvalue weighted by Crippen LogP contribution is 2.42. The Kier molecular flexibility index (Phi) is 8.23. The predicted octanol–water partition coefficient (Wildman–Crippen LogP) is 3.69. The number of hydrogen-bond acceptors (Lipinski definition) is 7. The lowest BCUT2D eigenvalue weighted by Gasteiger charge is -2.24. The van der Waals surface area contributed by atoms with Crippen molar-refractivity contribution in [2.45, 2.75) is 55.2 Å². The molecular formula is C20H26BrFO6S. The van der Waals surface area contributed by atoms with Gasteiger partial charge in [0.25, 0.3) is 0 Å². The molecule has 1 aliphatic heterocycles. The number of thioether (sulfide) groups is 1. The van der Waals surface area contributed by atoms with Crippen molar-refractivity contribution >= 4 is 28.0 Å². The quantitative estimate of drug-likeness (QED) is 0.572. The van der Waals surface area contributed by atoms with Crippen molar-refractivity contribution in [3.05, 3.63) is 41.4 Å². The van der Waals surface area contributed by atoms with Gasteiger partial charge < -0.3 is 28.3 Å². The molecule has 9 heteroatoms. The number of aliphatic hydroxyl groups is 2. The van der Waals surface area contributed by atoms with Gasteiger partial charge in [0.2, 0.25) is 0 Å². The summed E-state index contributed by atoms with van der Waals surface area (Å²) < 4.78 is 36.5. The Labute approximate surface area is 182 Å². The van der Waals surface area contributed by atoms with Gasteiger partial charge in [0, 0.05) is 29.9 Å². The molecule has 6 nitrogen and oxygen atoms in total. The topological polar surface area (TPSA) is 77.4 Å². The Morgan fingerprint density at radius 2 is 2.00 bits per heavy atom. The van der Waals surface area contributed by atoms with Crippen LogP contribution in [-0.4, -0.2) is 53.3 Å². The van der Waals surface area contributed by atoms with E-state index < -0.39 is 18.0 Å². The van der Waals surface area contributed by atoms with Crippen molar-refractivity contribution in [1.29, 1.82) is 0 Å². The van der Waals surface area contributed by atoms with Crippen molar-refractivity contribution in [2.75, 3.05) is 19.8 Å². The Hall–Kier alpha value is -0.840. The fourth-order valence-electron chi connectivity index (χ4n) is 3.62. The Morgan fingerprint density at radius 3 is 2.62 bits per heavy atom. The van der Waals surface area contributed by atoms with E-state index in [1.165, 1.54) is 12.1 Å². The summed E-state index contributed by atoms with van der Waals surface area (Å²) in [5.41, 5.74) is 0.872. The first kappa shape index (κ1) is 22.8. The first-order valence-corrected chi connectivity index (χ1v) is 11.3. The summed E-state index contributed by atoms with van der Waals surface area (Å²) in [5.74, 6) is 0.466. The van der Waals surface area contributed by atoms with Crippen LogP contribution in [-0.2, 0) is 20.0 Å². The largest absolute Gasteiger partial charge is 0.497 e. The Bertz CT molecular complexity index is 706. The molecule has 1 saturated heterocycles. The van der Waals surface area contributed by atoms with E-state index in [9.17, 15) is 14.6 Å². The summed E-state index contributed by atoms with van der Waals surface area (Å²) in [4.78, 5) is 0. The average molecular weight is 493 g/mol. The van der Waals surface area contributed by atoms with Gasteiger partial charge in [-0.05, 0) is 25.8 Å². The summed E-state index contributed by atoms with van der Waals surface area (Å²) in [6, 6.07) is 4.47. The Balaban J connectivity index is 1.77. The first-order chi connectivity index (χ1) is 14.0. The molecule has 3 unspecified atom stereocenters. The molecule has 1 aromatic carbocycles. The van der Waals surface area contributed by atoms with Gasteiger partial charge in [0.1, 0.15) is 29.5 Å². The summed E-state index contributed by atoms with van der Waals surface area (Å²) in [6.07, 6.45) is 3.00. The molecule has 162 valence electrons. The number of benzene rings is 1.